The minimum Gasteiger partial charge on any atom is -0.322 e. The summed E-state index contributed by atoms with van der Waals surface area (Å²) in [5.41, 5.74) is 0.228. The SMILES string of the molecule is CSc1cccc(NC(=O)c2c(C3CCCCCC3)ncc(C(F)(F)F)c2C)c1. The van der Waals surface area contributed by atoms with Gasteiger partial charge in [-0.15, -0.1) is 11.8 Å². The van der Waals surface area contributed by atoms with Gasteiger partial charge in [-0.05, 0) is 49.8 Å². The molecule has 0 spiro atoms. The monoisotopic (exact) mass is 422 g/mol. The quantitative estimate of drug-likeness (QED) is 0.434. The number of thioether (sulfide) groups is 1. The van der Waals surface area contributed by atoms with Gasteiger partial charge in [0.15, 0.2) is 0 Å². The van der Waals surface area contributed by atoms with Crippen molar-refractivity contribution in [3.8, 4) is 0 Å². The molecule has 0 unspecified atom stereocenters. The first-order valence-electron chi connectivity index (χ1n) is 9.83. The van der Waals surface area contributed by atoms with Crippen LogP contribution in [0.1, 0.15) is 71.6 Å². The van der Waals surface area contributed by atoms with Crippen LogP contribution in [-0.2, 0) is 6.18 Å². The van der Waals surface area contributed by atoms with Gasteiger partial charge in [-0.3, -0.25) is 9.78 Å². The Morgan fingerprint density at radius 2 is 1.86 bits per heavy atom. The van der Waals surface area contributed by atoms with Crippen LogP contribution < -0.4 is 5.32 Å². The Labute approximate surface area is 173 Å². The lowest BCUT2D eigenvalue weighted by Crippen LogP contribution is -2.22. The van der Waals surface area contributed by atoms with E-state index >= 15 is 0 Å². The van der Waals surface area contributed by atoms with Crippen molar-refractivity contribution in [1.82, 2.24) is 4.98 Å². The molecule has 3 rings (SSSR count). The Hall–Kier alpha value is -2.02. The molecule has 1 amide bonds. The minimum absolute atomic E-state index is 0.0109. The van der Waals surface area contributed by atoms with Crippen LogP contribution >= 0.6 is 11.8 Å². The summed E-state index contributed by atoms with van der Waals surface area (Å²) in [6, 6.07) is 7.27. The van der Waals surface area contributed by atoms with E-state index in [0.29, 0.717) is 11.4 Å². The molecule has 0 bridgehead atoms. The molecular formula is C22H25F3N2OS. The minimum atomic E-state index is -4.55. The Morgan fingerprint density at radius 3 is 2.48 bits per heavy atom. The van der Waals surface area contributed by atoms with E-state index in [0.717, 1.165) is 49.6 Å². The van der Waals surface area contributed by atoms with Crippen LogP contribution in [0.15, 0.2) is 35.4 Å². The summed E-state index contributed by atoms with van der Waals surface area (Å²) in [7, 11) is 0. The second-order valence-corrected chi connectivity index (χ2v) is 8.31. The number of carbonyl (C=O) groups is 1. The zero-order valence-electron chi connectivity index (χ0n) is 16.6. The van der Waals surface area contributed by atoms with E-state index in [-0.39, 0.29) is 17.0 Å². The molecular weight excluding hydrogens is 397 g/mol. The average Bonchev–Trinajstić information content (AvgIpc) is 2.96. The molecule has 29 heavy (non-hydrogen) atoms. The highest BCUT2D eigenvalue weighted by atomic mass is 32.2. The fourth-order valence-electron chi connectivity index (χ4n) is 3.95. The predicted octanol–water partition coefficient (Wildman–Crippen LogP) is 6.82. The van der Waals surface area contributed by atoms with E-state index in [2.05, 4.69) is 10.3 Å². The lowest BCUT2D eigenvalue weighted by Gasteiger charge is -2.21. The molecule has 1 heterocycles. The first kappa shape index (κ1) is 21.7. The molecule has 1 fully saturated rings. The first-order valence-corrected chi connectivity index (χ1v) is 11.1. The molecule has 1 aliphatic carbocycles. The van der Waals surface area contributed by atoms with Gasteiger partial charge in [-0.1, -0.05) is 31.7 Å². The summed E-state index contributed by atoms with van der Waals surface area (Å²) in [6.45, 7) is 1.37. The van der Waals surface area contributed by atoms with Crippen molar-refractivity contribution in [2.45, 2.75) is 62.4 Å². The Morgan fingerprint density at radius 1 is 1.17 bits per heavy atom. The van der Waals surface area contributed by atoms with Crippen molar-refractivity contribution < 1.29 is 18.0 Å². The van der Waals surface area contributed by atoms with Gasteiger partial charge >= 0.3 is 6.18 Å². The molecule has 0 saturated heterocycles. The van der Waals surface area contributed by atoms with Crippen LogP contribution in [0.3, 0.4) is 0 Å². The highest BCUT2D eigenvalue weighted by molar-refractivity contribution is 7.98. The number of halogens is 3. The van der Waals surface area contributed by atoms with Crippen LogP contribution in [0, 0.1) is 6.92 Å². The highest BCUT2D eigenvalue weighted by Gasteiger charge is 2.36. The number of hydrogen-bond donors (Lipinski definition) is 1. The average molecular weight is 423 g/mol. The molecule has 0 aliphatic heterocycles. The topological polar surface area (TPSA) is 42.0 Å². The number of alkyl halides is 3. The van der Waals surface area contributed by atoms with Gasteiger partial charge in [0.25, 0.3) is 5.91 Å². The number of nitrogens with zero attached hydrogens (tertiary/aromatic N) is 1. The number of rotatable bonds is 4. The number of nitrogens with one attached hydrogen (secondary N) is 1. The van der Waals surface area contributed by atoms with Crippen molar-refractivity contribution in [1.29, 1.82) is 0 Å². The zero-order valence-corrected chi connectivity index (χ0v) is 17.4. The third kappa shape index (κ3) is 5.13. The Balaban J connectivity index is 2.03. The lowest BCUT2D eigenvalue weighted by atomic mass is 9.89. The first-order chi connectivity index (χ1) is 13.8. The second kappa shape index (κ2) is 9.20. The summed E-state index contributed by atoms with van der Waals surface area (Å²) in [5, 5.41) is 2.79. The van der Waals surface area contributed by atoms with Gasteiger partial charge < -0.3 is 5.32 Å². The summed E-state index contributed by atoms with van der Waals surface area (Å²) in [5.74, 6) is -0.518. The number of aromatic nitrogens is 1. The normalized spacial score (nSPS) is 15.8. The molecule has 0 atom stereocenters. The van der Waals surface area contributed by atoms with Gasteiger partial charge in [-0.25, -0.2) is 0 Å². The molecule has 7 heteroatoms. The summed E-state index contributed by atoms with van der Waals surface area (Å²) in [6.07, 6.45) is 4.18. The molecule has 156 valence electrons. The number of benzene rings is 1. The van der Waals surface area contributed by atoms with Crippen molar-refractivity contribution in [3.05, 3.63) is 52.8 Å². The molecule has 3 nitrogen and oxygen atoms in total. The van der Waals surface area contributed by atoms with Crippen molar-refractivity contribution in [2.24, 2.45) is 0 Å². The van der Waals surface area contributed by atoms with Gasteiger partial charge in [0.2, 0.25) is 0 Å². The lowest BCUT2D eigenvalue weighted by molar-refractivity contribution is -0.138. The fraction of sp³-hybridized carbons (Fsp3) is 0.455. The summed E-state index contributed by atoms with van der Waals surface area (Å²) >= 11 is 1.53. The number of carbonyl (C=O) groups excluding carboxylic acids is 1. The zero-order chi connectivity index (χ0) is 21.0. The van der Waals surface area contributed by atoms with E-state index < -0.39 is 17.6 Å². The largest absolute Gasteiger partial charge is 0.418 e. The van der Waals surface area contributed by atoms with Crippen LogP contribution in [-0.4, -0.2) is 17.1 Å². The van der Waals surface area contributed by atoms with Gasteiger partial charge in [0.05, 0.1) is 16.8 Å². The molecule has 0 radical (unpaired) electrons. The smallest absolute Gasteiger partial charge is 0.322 e. The van der Waals surface area contributed by atoms with Crippen LogP contribution in [0.4, 0.5) is 18.9 Å². The highest BCUT2D eigenvalue weighted by Crippen LogP contribution is 2.38. The standard InChI is InChI=1S/C22H25F3N2OS/c1-14-18(22(23,24)25)13-26-20(15-8-5-3-4-6-9-15)19(14)21(28)27-16-10-7-11-17(12-16)29-2/h7,10-13,15H,3-6,8-9H2,1-2H3,(H,27,28). The third-order valence-corrected chi connectivity index (χ3v) is 6.20. The van der Waals surface area contributed by atoms with Gasteiger partial charge in [-0.2, -0.15) is 13.2 Å². The number of amides is 1. The van der Waals surface area contributed by atoms with E-state index in [1.165, 1.54) is 18.7 Å². The maximum absolute atomic E-state index is 13.5. The van der Waals surface area contributed by atoms with Gasteiger partial charge in [0.1, 0.15) is 0 Å². The number of hydrogen-bond acceptors (Lipinski definition) is 3. The summed E-state index contributed by atoms with van der Waals surface area (Å²) in [4.78, 5) is 18.3. The second-order valence-electron chi connectivity index (χ2n) is 7.43. The maximum atomic E-state index is 13.5. The molecule has 1 N–H and O–H groups in total. The van der Waals surface area contributed by atoms with E-state index in [4.69, 9.17) is 0 Å². The van der Waals surface area contributed by atoms with E-state index in [9.17, 15) is 18.0 Å². The maximum Gasteiger partial charge on any atom is 0.418 e. The summed E-state index contributed by atoms with van der Waals surface area (Å²) < 4.78 is 40.4. The fourth-order valence-corrected chi connectivity index (χ4v) is 4.41. The molecule has 1 saturated carbocycles. The third-order valence-electron chi connectivity index (χ3n) is 5.47. The van der Waals surface area contributed by atoms with E-state index in [1.807, 2.05) is 24.5 Å². The van der Waals surface area contributed by atoms with Gasteiger partial charge in [0, 0.05) is 22.7 Å². The molecule has 1 aromatic heterocycles. The molecule has 1 aromatic carbocycles. The van der Waals surface area contributed by atoms with Crippen molar-refractivity contribution >= 4 is 23.4 Å². The Kier molecular flexibility index (Phi) is 6.88. The molecule has 2 aromatic rings. The number of pyridine rings is 1. The molecule has 1 aliphatic rings. The van der Waals surface area contributed by atoms with Crippen LogP contribution in [0.25, 0.3) is 0 Å². The van der Waals surface area contributed by atoms with E-state index in [1.54, 1.807) is 6.07 Å². The van der Waals surface area contributed by atoms with Crippen LogP contribution in [0.2, 0.25) is 0 Å². The predicted molar refractivity (Wildman–Crippen MR) is 111 cm³/mol. The number of anilines is 1. The van der Waals surface area contributed by atoms with Crippen LogP contribution in [0.5, 0.6) is 0 Å². The van der Waals surface area contributed by atoms with Crippen molar-refractivity contribution in [2.75, 3.05) is 11.6 Å². The van der Waals surface area contributed by atoms with Crippen molar-refractivity contribution in [3.63, 3.8) is 0 Å². The Bertz CT molecular complexity index is 875.